The van der Waals surface area contributed by atoms with Crippen LogP contribution in [0.3, 0.4) is 0 Å². The van der Waals surface area contributed by atoms with Crippen LogP contribution in [0.4, 0.5) is 0 Å². The molecule has 5 aromatic rings. The predicted molar refractivity (Wildman–Crippen MR) is 117 cm³/mol. The van der Waals surface area contributed by atoms with E-state index in [4.69, 9.17) is 0 Å². The van der Waals surface area contributed by atoms with Gasteiger partial charge in [-0.05, 0) is 22.8 Å². The lowest BCUT2D eigenvalue weighted by Crippen LogP contribution is -2.11. The quantitative estimate of drug-likeness (QED) is 0.454. The largest absolute Gasteiger partial charge is 0.302 e. The second kappa shape index (κ2) is 7.79. The first-order valence-electron chi connectivity index (χ1n) is 9.87. The molecule has 0 fully saturated rings. The van der Waals surface area contributed by atoms with Crippen molar-refractivity contribution in [2.75, 3.05) is 0 Å². The normalized spacial score (nSPS) is 11.1. The van der Waals surface area contributed by atoms with E-state index in [1.807, 2.05) is 65.3 Å². The maximum absolute atomic E-state index is 13.0. The molecule has 0 radical (unpaired) electrons. The molecule has 0 aliphatic carbocycles. The summed E-state index contributed by atoms with van der Waals surface area (Å²) in [6.07, 6.45) is 7.99. The highest BCUT2D eigenvalue weighted by atomic mass is 16.1. The predicted octanol–water partition coefficient (Wildman–Crippen LogP) is 4.75. The number of carbonyl (C=O) groups is 1. The summed E-state index contributed by atoms with van der Waals surface area (Å²) >= 11 is 0. The number of pyridine rings is 1. The lowest BCUT2D eigenvalue weighted by Gasteiger charge is -2.13. The highest BCUT2D eigenvalue weighted by molar-refractivity contribution is 5.85. The zero-order chi connectivity index (χ0) is 20.3. The molecule has 0 saturated carbocycles. The smallest absolute Gasteiger partial charge is 0.143 e. The van der Waals surface area contributed by atoms with Crippen LogP contribution in [0.5, 0.6) is 0 Å². The Bertz CT molecular complexity index is 1290. The number of imidazole rings is 1. The summed E-state index contributed by atoms with van der Waals surface area (Å²) in [5, 5.41) is 6.81. The van der Waals surface area contributed by atoms with Crippen molar-refractivity contribution < 1.29 is 4.79 Å². The average molecular weight is 392 g/mol. The average Bonchev–Trinajstić information content (AvgIpc) is 3.47. The number of fused-ring (bicyclic) bond motifs is 1. The molecule has 0 saturated heterocycles. The van der Waals surface area contributed by atoms with E-state index in [0.29, 0.717) is 12.8 Å². The zero-order valence-electron chi connectivity index (χ0n) is 16.3. The van der Waals surface area contributed by atoms with Gasteiger partial charge < -0.3 is 4.40 Å². The lowest BCUT2D eigenvalue weighted by atomic mass is 9.97. The van der Waals surface area contributed by atoms with Crippen LogP contribution in [-0.2, 0) is 17.6 Å². The molecule has 5 heteroatoms. The molecule has 5 nitrogen and oxygen atoms in total. The van der Waals surface area contributed by atoms with Gasteiger partial charge in [0.15, 0.2) is 0 Å². The van der Waals surface area contributed by atoms with Crippen molar-refractivity contribution in [1.29, 1.82) is 0 Å². The molecule has 3 heterocycles. The molecule has 0 unspecified atom stereocenters. The van der Waals surface area contributed by atoms with Crippen molar-refractivity contribution in [3.05, 3.63) is 103 Å². The van der Waals surface area contributed by atoms with E-state index in [9.17, 15) is 4.79 Å². The van der Waals surface area contributed by atoms with Gasteiger partial charge in [-0.1, -0.05) is 60.7 Å². The fourth-order valence-electron chi connectivity index (χ4n) is 3.81. The zero-order valence-corrected chi connectivity index (χ0v) is 16.3. The van der Waals surface area contributed by atoms with E-state index in [0.717, 1.165) is 39.0 Å². The van der Waals surface area contributed by atoms with Crippen LogP contribution < -0.4 is 0 Å². The lowest BCUT2D eigenvalue weighted by molar-refractivity contribution is -0.117. The number of nitrogens with zero attached hydrogens (tertiary/aromatic N) is 3. The Labute approximate surface area is 174 Å². The Balaban J connectivity index is 1.41. The SMILES string of the molecule is O=C(Cc1ccc(-c2cn[nH]c2)cc1)Cc1c(-c2ccccc2)ccc2cncn12. The molecule has 0 spiro atoms. The number of aromatic nitrogens is 4. The van der Waals surface area contributed by atoms with Crippen molar-refractivity contribution >= 4 is 11.3 Å². The van der Waals surface area contributed by atoms with Crippen LogP contribution in [0.2, 0.25) is 0 Å². The molecule has 0 amide bonds. The number of benzene rings is 2. The number of hydrogen-bond donors (Lipinski definition) is 1. The molecule has 2 aromatic carbocycles. The van der Waals surface area contributed by atoms with E-state index in [1.54, 1.807) is 12.5 Å². The first-order chi connectivity index (χ1) is 14.8. The van der Waals surface area contributed by atoms with E-state index in [2.05, 4.69) is 33.4 Å². The maximum Gasteiger partial charge on any atom is 0.143 e. The fourth-order valence-corrected chi connectivity index (χ4v) is 3.81. The van der Waals surface area contributed by atoms with Crippen molar-refractivity contribution in [2.45, 2.75) is 12.8 Å². The Morgan fingerprint density at radius 1 is 0.833 bits per heavy atom. The molecule has 0 atom stereocenters. The Hall–Kier alpha value is -3.99. The summed E-state index contributed by atoms with van der Waals surface area (Å²) in [4.78, 5) is 17.3. The van der Waals surface area contributed by atoms with Gasteiger partial charge in [0.2, 0.25) is 0 Å². The molecule has 30 heavy (non-hydrogen) atoms. The molecule has 5 rings (SSSR count). The minimum Gasteiger partial charge on any atom is -0.302 e. The van der Waals surface area contributed by atoms with E-state index in [1.165, 1.54) is 0 Å². The molecule has 146 valence electrons. The van der Waals surface area contributed by atoms with E-state index >= 15 is 0 Å². The van der Waals surface area contributed by atoms with Crippen LogP contribution in [0.25, 0.3) is 27.8 Å². The maximum atomic E-state index is 13.0. The fraction of sp³-hybridized carbons (Fsp3) is 0.0800. The third-order valence-electron chi connectivity index (χ3n) is 5.33. The summed E-state index contributed by atoms with van der Waals surface area (Å²) in [7, 11) is 0. The third-order valence-corrected chi connectivity index (χ3v) is 5.33. The van der Waals surface area contributed by atoms with Crippen molar-refractivity contribution in [3.63, 3.8) is 0 Å². The van der Waals surface area contributed by atoms with E-state index in [-0.39, 0.29) is 5.78 Å². The molecule has 1 N–H and O–H groups in total. The summed E-state index contributed by atoms with van der Waals surface area (Å²) < 4.78 is 2.02. The van der Waals surface area contributed by atoms with Gasteiger partial charge in [-0.2, -0.15) is 5.10 Å². The third kappa shape index (κ3) is 3.53. The number of hydrogen-bond acceptors (Lipinski definition) is 3. The van der Waals surface area contributed by atoms with Crippen LogP contribution >= 0.6 is 0 Å². The number of ketones is 1. The van der Waals surface area contributed by atoms with E-state index < -0.39 is 0 Å². The number of rotatable bonds is 6. The first kappa shape index (κ1) is 18.1. The molecule has 0 bridgehead atoms. The molecule has 0 aliphatic rings. The molecular weight excluding hydrogens is 372 g/mol. The first-order valence-corrected chi connectivity index (χ1v) is 9.87. The van der Waals surface area contributed by atoms with Gasteiger partial charge in [0, 0.05) is 35.9 Å². The number of aromatic amines is 1. The summed E-state index contributed by atoms with van der Waals surface area (Å²) in [5.41, 5.74) is 7.23. The van der Waals surface area contributed by atoms with Gasteiger partial charge in [0.25, 0.3) is 0 Å². The topological polar surface area (TPSA) is 63.0 Å². The van der Waals surface area contributed by atoms with Crippen molar-refractivity contribution in [1.82, 2.24) is 19.6 Å². The van der Waals surface area contributed by atoms with Crippen LogP contribution in [0.15, 0.2) is 91.6 Å². The number of nitrogens with one attached hydrogen (secondary N) is 1. The summed E-state index contributed by atoms with van der Waals surface area (Å²) in [6.45, 7) is 0. The van der Waals surface area contributed by atoms with Crippen molar-refractivity contribution in [2.24, 2.45) is 0 Å². The number of Topliss-reactive ketones (excluding diaryl/α,β-unsaturated/α-hetero) is 1. The van der Waals surface area contributed by atoms with Crippen LogP contribution in [0.1, 0.15) is 11.3 Å². The molecular formula is C25H20N4O. The minimum absolute atomic E-state index is 0.171. The van der Waals surface area contributed by atoms with Gasteiger partial charge in [-0.25, -0.2) is 4.98 Å². The van der Waals surface area contributed by atoms with Crippen molar-refractivity contribution in [3.8, 4) is 22.3 Å². The monoisotopic (exact) mass is 392 g/mol. The Morgan fingerprint density at radius 3 is 2.43 bits per heavy atom. The second-order valence-corrected chi connectivity index (χ2v) is 7.32. The molecule has 0 aliphatic heterocycles. The standard InChI is InChI=1S/C25H20N4O/c30-23(12-18-6-8-19(9-7-18)21-14-27-28-15-21)13-25-24(20-4-2-1-3-5-20)11-10-22-16-26-17-29(22)25/h1-11,14-17H,12-13H2,(H,27,28). The summed E-state index contributed by atoms with van der Waals surface area (Å²) in [5.74, 6) is 0.171. The van der Waals surface area contributed by atoms with Gasteiger partial charge in [-0.3, -0.25) is 9.89 Å². The minimum atomic E-state index is 0.171. The van der Waals surface area contributed by atoms with Crippen LogP contribution in [0, 0.1) is 0 Å². The molecule has 3 aromatic heterocycles. The summed E-state index contributed by atoms with van der Waals surface area (Å²) in [6, 6.07) is 22.4. The number of carbonyl (C=O) groups excluding carboxylic acids is 1. The number of H-pyrrole nitrogens is 1. The van der Waals surface area contributed by atoms with Gasteiger partial charge in [0.05, 0.1) is 24.2 Å². The van der Waals surface area contributed by atoms with Gasteiger partial charge >= 0.3 is 0 Å². The van der Waals surface area contributed by atoms with Crippen LogP contribution in [-0.4, -0.2) is 25.4 Å². The Kier molecular flexibility index (Phi) is 4.69. The van der Waals surface area contributed by atoms with Gasteiger partial charge in [0.1, 0.15) is 5.78 Å². The second-order valence-electron chi connectivity index (χ2n) is 7.32. The highest BCUT2D eigenvalue weighted by Gasteiger charge is 2.14. The van der Waals surface area contributed by atoms with Gasteiger partial charge in [-0.15, -0.1) is 0 Å². The Morgan fingerprint density at radius 2 is 1.67 bits per heavy atom. The highest BCUT2D eigenvalue weighted by Crippen LogP contribution is 2.26.